The lowest BCUT2D eigenvalue weighted by Gasteiger charge is -2.38. The van der Waals surface area contributed by atoms with Crippen molar-refractivity contribution >= 4 is 15.7 Å². The molecule has 0 spiro atoms. The number of carbonyl (C=O) groups is 1. The lowest BCUT2D eigenvalue weighted by molar-refractivity contribution is 0.0587. The van der Waals surface area contributed by atoms with Crippen molar-refractivity contribution in [2.24, 2.45) is 0 Å². The summed E-state index contributed by atoms with van der Waals surface area (Å²) < 4.78 is 31.6. The van der Waals surface area contributed by atoms with Crippen LogP contribution >= 0.6 is 0 Å². The van der Waals surface area contributed by atoms with Crippen molar-refractivity contribution in [3.05, 3.63) is 72.4 Å². The molecule has 1 amide bonds. The molecule has 0 N–H and O–H groups in total. The molecule has 0 aliphatic carbocycles. The highest BCUT2D eigenvalue weighted by molar-refractivity contribution is 7.92. The van der Waals surface area contributed by atoms with Gasteiger partial charge in [0, 0.05) is 23.7 Å². The topological polar surface area (TPSA) is 80.5 Å². The Kier molecular flexibility index (Phi) is 4.70. The molecule has 1 aromatic heterocycles. The zero-order valence-electron chi connectivity index (χ0n) is 16.3. The molecule has 0 saturated carbocycles. The number of benzene rings is 2. The molecule has 2 aromatic carbocycles. The Labute approximate surface area is 175 Å². The summed E-state index contributed by atoms with van der Waals surface area (Å²) in [6.45, 7) is 0. The minimum absolute atomic E-state index is 0.0865. The molecular formula is C23H22N2O4S. The van der Waals surface area contributed by atoms with Crippen LogP contribution in [-0.4, -0.2) is 41.7 Å². The standard InChI is InChI=1S/C23H22N2O4S/c26-23(21-15-22(29-24-21)16-7-3-1-4-8-16)25-17-11-12-18(25)14-20(13-17)30(27,28)19-9-5-2-6-10-19/h1-10,15,17-18,20H,11-14H2. The van der Waals surface area contributed by atoms with Crippen LogP contribution in [0.3, 0.4) is 0 Å². The van der Waals surface area contributed by atoms with E-state index in [1.807, 2.05) is 41.3 Å². The van der Waals surface area contributed by atoms with Crippen molar-refractivity contribution in [2.45, 2.75) is 47.9 Å². The summed E-state index contributed by atoms with van der Waals surface area (Å²) in [5.41, 5.74) is 1.13. The van der Waals surface area contributed by atoms with Crippen molar-refractivity contribution in [3.8, 4) is 11.3 Å². The number of amides is 1. The fraction of sp³-hybridized carbons (Fsp3) is 0.304. The maximum Gasteiger partial charge on any atom is 0.276 e. The van der Waals surface area contributed by atoms with Gasteiger partial charge in [-0.15, -0.1) is 0 Å². The van der Waals surface area contributed by atoms with Crippen LogP contribution in [-0.2, 0) is 9.84 Å². The highest BCUT2D eigenvalue weighted by Crippen LogP contribution is 2.40. The van der Waals surface area contributed by atoms with Crippen LogP contribution in [0.4, 0.5) is 0 Å². The van der Waals surface area contributed by atoms with E-state index in [9.17, 15) is 13.2 Å². The lowest BCUT2D eigenvalue weighted by Crippen LogP contribution is -2.49. The average Bonchev–Trinajstić information content (AvgIpc) is 3.37. The minimum Gasteiger partial charge on any atom is -0.355 e. The fourth-order valence-corrected chi connectivity index (χ4v) is 6.63. The van der Waals surface area contributed by atoms with Gasteiger partial charge in [0.2, 0.25) is 0 Å². The third kappa shape index (κ3) is 3.23. The second kappa shape index (κ2) is 7.40. The second-order valence-electron chi connectivity index (χ2n) is 7.99. The van der Waals surface area contributed by atoms with Gasteiger partial charge in [0.15, 0.2) is 21.3 Å². The third-order valence-corrected chi connectivity index (χ3v) is 8.41. The van der Waals surface area contributed by atoms with E-state index >= 15 is 0 Å². The molecule has 7 heteroatoms. The van der Waals surface area contributed by atoms with Gasteiger partial charge in [-0.2, -0.15) is 0 Å². The Morgan fingerprint density at radius 2 is 1.53 bits per heavy atom. The van der Waals surface area contributed by atoms with E-state index in [1.54, 1.807) is 30.3 Å². The molecule has 0 radical (unpaired) electrons. The molecule has 154 valence electrons. The number of piperidine rings is 1. The van der Waals surface area contributed by atoms with Crippen molar-refractivity contribution in [2.75, 3.05) is 0 Å². The van der Waals surface area contributed by atoms with E-state index < -0.39 is 15.1 Å². The molecule has 2 fully saturated rings. The SMILES string of the molecule is O=C(c1cc(-c2ccccc2)on1)N1C2CCC1CC(S(=O)(=O)c1ccccc1)C2. The first kappa shape index (κ1) is 19.1. The Balaban J connectivity index is 1.36. The van der Waals surface area contributed by atoms with Crippen LogP contribution in [0.15, 0.2) is 76.1 Å². The van der Waals surface area contributed by atoms with Crippen LogP contribution in [0.2, 0.25) is 0 Å². The van der Waals surface area contributed by atoms with Crippen LogP contribution in [0.1, 0.15) is 36.2 Å². The van der Waals surface area contributed by atoms with E-state index in [4.69, 9.17) is 4.52 Å². The molecular weight excluding hydrogens is 400 g/mol. The van der Waals surface area contributed by atoms with Crippen LogP contribution in [0, 0.1) is 0 Å². The van der Waals surface area contributed by atoms with Crippen molar-refractivity contribution in [1.29, 1.82) is 0 Å². The van der Waals surface area contributed by atoms with Crippen molar-refractivity contribution in [1.82, 2.24) is 10.1 Å². The predicted molar refractivity (Wildman–Crippen MR) is 112 cm³/mol. The Hall–Kier alpha value is -2.93. The summed E-state index contributed by atoms with van der Waals surface area (Å²) in [7, 11) is -3.41. The molecule has 5 rings (SSSR count). The van der Waals surface area contributed by atoms with Gasteiger partial charge in [-0.1, -0.05) is 53.7 Å². The van der Waals surface area contributed by atoms with Gasteiger partial charge in [-0.3, -0.25) is 4.79 Å². The van der Waals surface area contributed by atoms with Crippen molar-refractivity contribution < 1.29 is 17.7 Å². The van der Waals surface area contributed by atoms with E-state index in [-0.39, 0.29) is 23.7 Å². The minimum atomic E-state index is -3.41. The summed E-state index contributed by atoms with van der Waals surface area (Å²) in [5, 5.41) is 3.54. The zero-order chi connectivity index (χ0) is 20.7. The number of hydrogen-bond donors (Lipinski definition) is 0. The second-order valence-corrected chi connectivity index (χ2v) is 10.2. The number of sulfone groups is 1. The zero-order valence-corrected chi connectivity index (χ0v) is 17.2. The summed E-state index contributed by atoms with van der Waals surface area (Å²) in [6, 6.07) is 19.6. The summed E-state index contributed by atoms with van der Waals surface area (Å²) in [6.07, 6.45) is 2.56. The average molecular weight is 423 g/mol. The first-order valence-corrected chi connectivity index (χ1v) is 11.7. The number of aromatic nitrogens is 1. The molecule has 2 aliphatic rings. The summed E-state index contributed by atoms with van der Waals surface area (Å²) in [4.78, 5) is 15.4. The van der Waals surface area contributed by atoms with Gasteiger partial charge < -0.3 is 9.42 Å². The Morgan fingerprint density at radius 3 is 2.17 bits per heavy atom. The van der Waals surface area contributed by atoms with Gasteiger partial charge in [-0.05, 0) is 37.8 Å². The molecule has 2 bridgehead atoms. The molecule has 3 aromatic rings. The van der Waals surface area contributed by atoms with Gasteiger partial charge in [0.05, 0.1) is 10.1 Å². The third-order valence-electron chi connectivity index (χ3n) is 6.22. The van der Waals surface area contributed by atoms with E-state index in [2.05, 4.69) is 5.16 Å². The van der Waals surface area contributed by atoms with Crippen molar-refractivity contribution in [3.63, 3.8) is 0 Å². The Bertz CT molecular complexity index is 1140. The number of rotatable bonds is 4. The van der Waals surface area contributed by atoms with Crippen LogP contribution in [0.25, 0.3) is 11.3 Å². The molecule has 30 heavy (non-hydrogen) atoms. The molecule has 2 saturated heterocycles. The van der Waals surface area contributed by atoms with Crippen LogP contribution < -0.4 is 0 Å². The monoisotopic (exact) mass is 422 g/mol. The van der Waals surface area contributed by atoms with Gasteiger partial charge in [0.25, 0.3) is 5.91 Å². The first-order valence-electron chi connectivity index (χ1n) is 10.2. The number of hydrogen-bond acceptors (Lipinski definition) is 5. The number of carbonyl (C=O) groups excluding carboxylic acids is 1. The quantitative estimate of drug-likeness (QED) is 0.636. The maximum atomic E-state index is 13.2. The van der Waals surface area contributed by atoms with E-state index in [1.165, 1.54) is 0 Å². The van der Waals surface area contributed by atoms with Gasteiger partial charge >= 0.3 is 0 Å². The number of nitrogens with zero attached hydrogens (tertiary/aromatic N) is 2. The van der Waals surface area contributed by atoms with E-state index in [0.29, 0.717) is 23.5 Å². The van der Waals surface area contributed by atoms with Gasteiger partial charge in [-0.25, -0.2) is 8.42 Å². The number of fused-ring (bicyclic) bond motifs is 2. The Morgan fingerprint density at radius 1 is 0.933 bits per heavy atom. The van der Waals surface area contributed by atoms with E-state index in [0.717, 1.165) is 18.4 Å². The summed E-state index contributed by atoms with van der Waals surface area (Å²) >= 11 is 0. The summed E-state index contributed by atoms with van der Waals surface area (Å²) in [5.74, 6) is 0.372. The predicted octanol–water partition coefficient (Wildman–Crippen LogP) is 3.95. The fourth-order valence-electron chi connectivity index (χ4n) is 4.76. The smallest absolute Gasteiger partial charge is 0.276 e. The molecule has 2 aliphatic heterocycles. The molecule has 6 nitrogen and oxygen atoms in total. The highest BCUT2D eigenvalue weighted by Gasteiger charge is 2.47. The largest absolute Gasteiger partial charge is 0.355 e. The highest BCUT2D eigenvalue weighted by atomic mass is 32.2. The maximum absolute atomic E-state index is 13.2. The normalized spacial score (nSPS) is 23.5. The van der Waals surface area contributed by atoms with Crippen LogP contribution in [0.5, 0.6) is 0 Å². The molecule has 2 atom stereocenters. The molecule has 2 unspecified atom stereocenters. The lowest BCUT2D eigenvalue weighted by atomic mass is 10.0. The first-order chi connectivity index (χ1) is 14.5. The van der Waals surface area contributed by atoms with Gasteiger partial charge in [0.1, 0.15) is 0 Å². The molecule has 3 heterocycles.